The molecule has 0 saturated carbocycles. The van der Waals surface area contributed by atoms with Crippen LogP contribution in [0.1, 0.15) is 33.9 Å². The van der Waals surface area contributed by atoms with Crippen LogP contribution >= 0.6 is 0 Å². The van der Waals surface area contributed by atoms with Gasteiger partial charge in [-0.15, -0.1) is 0 Å². The summed E-state index contributed by atoms with van der Waals surface area (Å²) in [5.41, 5.74) is 4.06. The molecule has 0 spiro atoms. The summed E-state index contributed by atoms with van der Waals surface area (Å²) in [6, 6.07) is 21.2. The number of ether oxygens (including phenoxy) is 1. The van der Waals surface area contributed by atoms with E-state index in [0.29, 0.717) is 23.5 Å². The molecule has 0 unspecified atom stereocenters. The molecule has 0 bridgehead atoms. The highest BCUT2D eigenvalue weighted by Crippen LogP contribution is 2.40. The van der Waals surface area contributed by atoms with Crippen molar-refractivity contribution in [2.75, 3.05) is 0 Å². The molecule has 184 valence electrons. The third kappa shape index (κ3) is 4.97. The summed E-state index contributed by atoms with van der Waals surface area (Å²) in [7, 11) is 0. The third-order valence-corrected chi connectivity index (χ3v) is 6.40. The lowest BCUT2D eigenvalue weighted by Gasteiger charge is -2.25. The second-order valence-corrected chi connectivity index (χ2v) is 8.81. The fourth-order valence-electron chi connectivity index (χ4n) is 4.41. The van der Waals surface area contributed by atoms with Crippen LogP contribution in [-0.2, 0) is 22.7 Å². The minimum Gasteiger partial charge on any atom is -0.507 e. The van der Waals surface area contributed by atoms with Crippen molar-refractivity contribution in [1.82, 2.24) is 14.9 Å². The van der Waals surface area contributed by atoms with Gasteiger partial charge in [-0.1, -0.05) is 36.4 Å². The molecule has 1 saturated heterocycles. The van der Waals surface area contributed by atoms with E-state index >= 15 is 0 Å². The minimum absolute atomic E-state index is 0.0236. The molecule has 0 radical (unpaired) electrons. The molecule has 7 nitrogen and oxygen atoms in total. The quantitative estimate of drug-likeness (QED) is 0.223. The summed E-state index contributed by atoms with van der Waals surface area (Å²) in [6.45, 7) is 2.61. The van der Waals surface area contributed by atoms with E-state index in [-0.39, 0.29) is 17.9 Å². The number of carbonyl (C=O) groups is 2. The molecule has 1 N–H and O–H groups in total. The van der Waals surface area contributed by atoms with Crippen molar-refractivity contribution in [2.24, 2.45) is 0 Å². The van der Waals surface area contributed by atoms with Crippen LogP contribution in [0.5, 0.6) is 5.75 Å². The van der Waals surface area contributed by atoms with Crippen molar-refractivity contribution in [3.8, 4) is 5.75 Å². The van der Waals surface area contributed by atoms with Crippen LogP contribution in [0.2, 0.25) is 0 Å². The van der Waals surface area contributed by atoms with E-state index in [9.17, 15) is 14.7 Å². The van der Waals surface area contributed by atoms with Gasteiger partial charge in [0, 0.05) is 36.9 Å². The summed E-state index contributed by atoms with van der Waals surface area (Å²) in [5, 5.41) is 11.3. The number of nitrogens with zero attached hydrogens (tertiary/aromatic N) is 3. The number of aliphatic hydroxyl groups excluding tert-OH is 1. The molecule has 1 aliphatic rings. The first-order chi connectivity index (χ1) is 18.0. The maximum absolute atomic E-state index is 13.2. The number of aromatic nitrogens is 2. The number of amides is 1. The average Bonchev–Trinajstić information content (AvgIpc) is 3.18. The zero-order valence-corrected chi connectivity index (χ0v) is 20.2. The van der Waals surface area contributed by atoms with Gasteiger partial charge >= 0.3 is 0 Å². The number of hydrogen-bond donors (Lipinski definition) is 1. The van der Waals surface area contributed by atoms with Crippen molar-refractivity contribution < 1.29 is 19.4 Å². The van der Waals surface area contributed by atoms with E-state index in [4.69, 9.17) is 4.74 Å². The van der Waals surface area contributed by atoms with Gasteiger partial charge < -0.3 is 14.7 Å². The predicted octanol–water partition coefficient (Wildman–Crippen LogP) is 4.99. The number of pyridine rings is 2. The zero-order chi connectivity index (χ0) is 25.8. The first-order valence-electron chi connectivity index (χ1n) is 11.9. The van der Waals surface area contributed by atoms with Crippen LogP contribution in [0.25, 0.3) is 5.76 Å². The molecule has 1 amide bonds. The summed E-state index contributed by atoms with van der Waals surface area (Å²) in [6.07, 6.45) is 6.51. The van der Waals surface area contributed by atoms with Gasteiger partial charge in [0.25, 0.3) is 11.7 Å². The summed E-state index contributed by atoms with van der Waals surface area (Å²) in [4.78, 5) is 36.0. The Kier molecular flexibility index (Phi) is 6.76. The molecule has 1 aliphatic heterocycles. The number of Topliss-reactive ketones (excluding diaryl/α,β-unsaturated/α-hetero) is 1. The van der Waals surface area contributed by atoms with E-state index in [1.54, 1.807) is 67.3 Å². The minimum atomic E-state index is -0.786. The SMILES string of the molecule is Cc1ccccc1COc1ccc(/C(O)=C2\C(=O)C(=O)N(Cc3cccnc3)[C@H]2c2cccnc2)cc1. The summed E-state index contributed by atoms with van der Waals surface area (Å²) < 4.78 is 5.90. The van der Waals surface area contributed by atoms with Gasteiger partial charge in [0.05, 0.1) is 11.6 Å². The molecule has 7 heteroatoms. The monoisotopic (exact) mass is 491 g/mol. The molecule has 37 heavy (non-hydrogen) atoms. The Labute approximate surface area is 214 Å². The number of likely N-dealkylation sites (tertiary alicyclic amines) is 1. The highest BCUT2D eigenvalue weighted by molar-refractivity contribution is 6.46. The molecule has 0 aliphatic carbocycles. The number of benzene rings is 2. The molecule has 1 fully saturated rings. The molecular weight excluding hydrogens is 466 g/mol. The predicted molar refractivity (Wildman–Crippen MR) is 138 cm³/mol. The number of rotatable bonds is 7. The number of aliphatic hydroxyl groups is 1. The highest BCUT2D eigenvalue weighted by Gasteiger charge is 2.46. The third-order valence-electron chi connectivity index (χ3n) is 6.40. The van der Waals surface area contributed by atoms with Gasteiger partial charge in [0.2, 0.25) is 0 Å². The van der Waals surface area contributed by atoms with E-state index in [2.05, 4.69) is 9.97 Å². The standard InChI is InChI=1S/C30H25N3O4/c1-20-6-2-3-8-24(20)19-37-25-12-10-22(11-13-25)28(34)26-27(23-9-5-15-32-17-23)33(30(36)29(26)35)18-21-7-4-14-31-16-21/h2-17,27,34H,18-19H2,1H3/b28-26+/t27-/m0/s1. The van der Waals surface area contributed by atoms with Gasteiger partial charge in [-0.05, 0) is 65.6 Å². The van der Waals surface area contributed by atoms with Crippen LogP contribution in [0.15, 0.2) is 103 Å². The summed E-state index contributed by atoms with van der Waals surface area (Å²) >= 11 is 0. The van der Waals surface area contributed by atoms with Gasteiger partial charge in [-0.25, -0.2) is 0 Å². The molecular formula is C30H25N3O4. The van der Waals surface area contributed by atoms with Crippen molar-refractivity contribution in [3.63, 3.8) is 0 Å². The van der Waals surface area contributed by atoms with Crippen LogP contribution < -0.4 is 4.74 Å². The molecule has 5 rings (SSSR count). The molecule has 1 atom stereocenters. The van der Waals surface area contributed by atoms with Crippen molar-refractivity contribution in [3.05, 3.63) is 131 Å². The van der Waals surface area contributed by atoms with E-state index in [1.807, 2.05) is 37.3 Å². The lowest BCUT2D eigenvalue weighted by atomic mass is 9.96. The van der Waals surface area contributed by atoms with Crippen molar-refractivity contribution in [2.45, 2.75) is 26.1 Å². The van der Waals surface area contributed by atoms with Crippen LogP contribution in [-0.4, -0.2) is 31.7 Å². The fraction of sp³-hybridized carbons (Fsp3) is 0.133. The number of carbonyl (C=O) groups excluding carboxylic acids is 2. The molecule has 4 aromatic rings. The largest absolute Gasteiger partial charge is 0.507 e. The van der Waals surface area contributed by atoms with Gasteiger partial charge in [-0.2, -0.15) is 0 Å². The Balaban J connectivity index is 1.46. The maximum atomic E-state index is 13.2. The molecule has 2 aromatic carbocycles. The second kappa shape index (κ2) is 10.5. The van der Waals surface area contributed by atoms with E-state index in [0.717, 1.165) is 16.7 Å². The van der Waals surface area contributed by atoms with Crippen LogP contribution in [0.3, 0.4) is 0 Å². The normalized spacial score (nSPS) is 16.7. The molecule has 3 heterocycles. The van der Waals surface area contributed by atoms with Crippen molar-refractivity contribution >= 4 is 17.4 Å². The Hall–Kier alpha value is -4.78. The first-order valence-corrected chi connectivity index (χ1v) is 11.9. The first kappa shape index (κ1) is 23.9. The smallest absolute Gasteiger partial charge is 0.295 e. The Morgan fingerprint density at radius 3 is 2.32 bits per heavy atom. The Bertz CT molecular complexity index is 1450. The van der Waals surface area contributed by atoms with Crippen molar-refractivity contribution in [1.29, 1.82) is 0 Å². The lowest BCUT2D eigenvalue weighted by molar-refractivity contribution is -0.140. The number of ketones is 1. The Morgan fingerprint density at radius 2 is 1.65 bits per heavy atom. The van der Waals surface area contributed by atoms with Crippen LogP contribution in [0.4, 0.5) is 0 Å². The van der Waals surface area contributed by atoms with Gasteiger partial charge in [0.15, 0.2) is 0 Å². The number of aryl methyl sites for hydroxylation is 1. The zero-order valence-electron chi connectivity index (χ0n) is 20.2. The fourth-order valence-corrected chi connectivity index (χ4v) is 4.41. The molecule has 2 aromatic heterocycles. The Morgan fingerprint density at radius 1 is 0.919 bits per heavy atom. The van der Waals surface area contributed by atoms with Crippen LogP contribution in [0, 0.1) is 6.92 Å². The van der Waals surface area contributed by atoms with E-state index < -0.39 is 17.7 Å². The second-order valence-electron chi connectivity index (χ2n) is 8.81. The topological polar surface area (TPSA) is 92.6 Å². The maximum Gasteiger partial charge on any atom is 0.295 e. The van der Waals surface area contributed by atoms with Gasteiger partial charge in [-0.3, -0.25) is 19.6 Å². The number of hydrogen-bond acceptors (Lipinski definition) is 6. The highest BCUT2D eigenvalue weighted by atomic mass is 16.5. The van der Waals surface area contributed by atoms with E-state index in [1.165, 1.54) is 4.90 Å². The van der Waals surface area contributed by atoms with Gasteiger partial charge in [0.1, 0.15) is 18.1 Å². The average molecular weight is 492 g/mol. The summed E-state index contributed by atoms with van der Waals surface area (Å²) in [5.74, 6) is -1.04. The lowest BCUT2D eigenvalue weighted by Crippen LogP contribution is -2.29.